The lowest BCUT2D eigenvalue weighted by Crippen LogP contribution is -2.15. The number of rotatable bonds is 2. The summed E-state index contributed by atoms with van der Waals surface area (Å²) in [7, 11) is 0. The Balaban J connectivity index is 2.46. The third-order valence-corrected chi connectivity index (χ3v) is 3.14. The number of nitrogens with two attached hydrogens (primary N) is 1. The van der Waals surface area contributed by atoms with E-state index in [-0.39, 0.29) is 11.1 Å². The van der Waals surface area contributed by atoms with Crippen molar-refractivity contribution in [2.24, 2.45) is 0 Å². The molecular formula is C15H15F2N. The smallest absolute Gasteiger partial charge is 0.298 e. The summed E-state index contributed by atoms with van der Waals surface area (Å²) in [5.41, 5.74) is 7.83. The summed E-state index contributed by atoms with van der Waals surface area (Å²) < 4.78 is 28.6. The van der Waals surface area contributed by atoms with Gasteiger partial charge in [-0.25, -0.2) is 0 Å². The Kier molecular flexibility index (Phi) is 3.07. The largest absolute Gasteiger partial charge is 0.399 e. The average molecular weight is 247 g/mol. The molecular weight excluding hydrogens is 232 g/mol. The lowest BCUT2D eigenvalue weighted by atomic mass is 9.97. The first-order chi connectivity index (χ1) is 8.41. The van der Waals surface area contributed by atoms with E-state index < -0.39 is 5.92 Å². The van der Waals surface area contributed by atoms with Crippen LogP contribution in [0.1, 0.15) is 22.3 Å². The molecule has 2 aromatic carbocycles. The monoisotopic (exact) mass is 247 g/mol. The molecule has 0 atom stereocenters. The maximum absolute atomic E-state index is 14.3. The highest BCUT2D eigenvalue weighted by Crippen LogP contribution is 2.36. The van der Waals surface area contributed by atoms with Crippen LogP contribution in [-0.2, 0) is 5.92 Å². The summed E-state index contributed by atoms with van der Waals surface area (Å²) in [6, 6.07) is 10.4. The first-order valence-corrected chi connectivity index (χ1v) is 5.73. The van der Waals surface area contributed by atoms with Crippen LogP contribution < -0.4 is 5.73 Å². The highest BCUT2D eigenvalue weighted by molar-refractivity contribution is 5.44. The van der Waals surface area contributed by atoms with Gasteiger partial charge in [0.05, 0.1) is 0 Å². The van der Waals surface area contributed by atoms with E-state index in [4.69, 9.17) is 5.73 Å². The number of alkyl halides is 2. The Labute approximate surface area is 105 Å². The van der Waals surface area contributed by atoms with Gasteiger partial charge >= 0.3 is 0 Å². The Morgan fingerprint density at radius 2 is 1.39 bits per heavy atom. The second kappa shape index (κ2) is 4.41. The summed E-state index contributed by atoms with van der Waals surface area (Å²) in [6.07, 6.45) is 0. The van der Waals surface area contributed by atoms with Crippen LogP contribution in [0.5, 0.6) is 0 Å². The molecule has 2 N–H and O–H groups in total. The zero-order valence-corrected chi connectivity index (χ0v) is 10.4. The molecule has 1 nitrogen and oxygen atoms in total. The lowest BCUT2D eigenvalue weighted by Gasteiger charge is -2.18. The lowest BCUT2D eigenvalue weighted by molar-refractivity contribution is 0.0428. The Morgan fingerprint density at radius 3 is 1.94 bits per heavy atom. The predicted octanol–water partition coefficient (Wildman–Crippen LogP) is 4.03. The number of hydrogen-bond acceptors (Lipinski definition) is 1. The first kappa shape index (κ1) is 12.6. The van der Waals surface area contributed by atoms with E-state index >= 15 is 0 Å². The fraction of sp³-hybridized carbons (Fsp3) is 0.200. The van der Waals surface area contributed by atoms with Crippen LogP contribution >= 0.6 is 0 Å². The molecule has 0 fully saturated rings. The van der Waals surface area contributed by atoms with E-state index in [1.54, 1.807) is 6.07 Å². The van der Waals surface area contributed by atoms with Gasteiger partial charge in [-0.1, -0.05) is 24.3 Å². The van der Waals surface area contributed by atoms with E-state index in [1.165, 1.54) is 36.4 Å². The molecule has 0 heterocycles. The summed E-state index contributed by atoms with van der Waals surface area (Å²) in [6.45, 7) is 3.73. The standard InChI is InChI=1S/C15H15F2N/c1-10-3-4-13(9-11(10)2)15(16,17)12-5-7-14(18)8-6-12/h3-9H,18H2,1-2H3. The number of nitrogen functional groups attached to an aromatic ring is 1. The van der Waals surface area contributed by atoms with E-state index in [9.17, 15) is 8.78 Å². The van der Waals surface area contributed by atoms with Crippen molar-refractivity contribution in [1.82, 2.24) is 0 Å². The van der Waals surface area contributed by atoms with Gasteiger partial charge in [-0.05, 0) is 43.2 Å². The van der Waals surface area contributed by atoms with Gasteiger partial charge in [0.15, 0.2) is 0 Å². The SMILES string of the molecule is Cc1ccc(C(F)(F)c2ccc(N)cc2)cc1C. The molecule has 0 bridgehead atoms. The number of hydrogen-bond donors (Lipinski definition) is 1. The summed E-state index contributed by atoms with van der Waals surface area (Å²) in [5, 5.41) is 0. The van der Waals surface area contributed by atoms with Crippen LogP contribution in [0.25, 0.3) is 0 Å². The Hall–Kier alpha value is -1.90. The van der Waals surface area contributed by atoms with Crippen molar-refractivity contribution in [3.05, 3.63) is 64.7 Å². The van der Waals surface area contributed by atoms with Crippen molar-refractivity contribution in [2.75, 3.05) is 5.73 Å². The van der Waals surface area contributed by atoms with Gasteiger partial charge in [0.1, 0.15) is 0 Å². The molecule has 0 aromatic heterocycles. The molecule has 3 heteroatoms. The van der Waals surface area contributed by atoms with E-state index in [2.05, 4.69) is 0 Å². The van der Waals surface area contributed by atoms with Crippen molar-refractivity contribution in [3.63, 3.8) is 0 Å². The zero-order chi connectivity index (χ0) is 13.3. The molecule has 0 spiro atoms. The molecule has 0 unspecified atom stereocenters. The molecule has 2 rings (SSSR count). The highest BCUT2D eigenvalue weighted by Gasteiger charge is 2.33. The van der Waals surface area contributed by atoms with Crippen LogP contribution in [0.4, 0.5) is 14.5 Å². The van der Waals surface area contributed by atoms with Crippen LogP contribution in [0.2, 0.25) is 0 Å². The minimum absolute atomic E-state index is 0.00960. The van der Waals surface area contributed by atoms with Crippen molar-refractivity contribution in [3.8, 4) is 0 Å². The number of halogens is 2. The van der Waals surface area contributed by atoms with Crippen LogP contribution in [0.15, 0.2) is 42.5 Å². The van der Waals surface area contributed by atoms with Crippen LogP contribution in [0, 0.1) is 13.8 Å². The molecule has 0 aliphatic carbocycles. The molecule has 0 radical (unpaired) electrons. The number of anilines is 1. The quantitative estimate of drug-likeness (QED) is 0.797. The zero-order valence-electron chi connectivity index (χ0n) is 10.4. The van der Waals surface area contributed by atoms with Gasteiger partial charge in [-0.2, -0.15) is 8.78 Å². The van der Waals surface area contributed by atoms with Crippen molar-refractivity contribution in [1.29, 1.82) is 0 Å². The van der Waals surface area contributed by atoms with Gasteiger partial charge in [-0.3, -0.25) is 0 Å². The topological polar surface area (TPSA) is 26.0 Å². The molecule has 0 aliphatic rings. The molecule has 0 amide bonds. The van der Waals surface area contributed by atoms with E-state index in [0.717, 1.165) is 11.1 Å². The maximum Gasteiger partial charge on any atom is 0.298 e. The molecule has 0 saturated carbocycles. The van der Waals surface area contributed by atoms with Crippen LogP contribution in [0.3, 0.4) is 0 Å². The van der Waals surface area contributed by atoms with Gasteiger partial charge < -0.3 is 5.73 Å². The minimum atomic E-state index is -2.99. The van der Waals surface area contributed by atoms with Gasteiger partial charge in [-0.15, -0.1) is 0 Å². The number of benzene rings is 2. The molecule has 94 valence electrons. The van der Waals surface area contributed by atoms with Crippen molar-refractivity contribution in [2.45, 2.75) is 19.8 Å². The fourth-order valence-corrected chi connectivity index (χ4v) is 1.80. The molecule has 2 aromatic rings. The van der Waals surface area contributed by atoms with Crippen molar-refractivity contribution >= 4 is 5.69 Å². The molecule has 0 saturated heterocycles. The average Bonchev–Trinajstić information content (AvgIpc) is 2.33. The normalized spacial score (nSPS) is 11.6. The third kappa shape index (κ3) is 2.21. The summed E-state index contributed by atoms with van der Waals surface area (Å²) in [4.78, 5) is 0. The van der Waals surface area contributed by atoms with Crippen LogP contribution in [-0.4, -0.2) is 0 Å². The maximum atomic E-state index is 14.3. The molecule has 0 aliphatic heterocycles. The van der Waals surface area contributed by atoms with Gasteiger partial charge in [0.25, 0.3) is 5.92 Å². The Morgan fingerprint density at radius 1 is 0.833 bits per heavy atom. The van der Waals surface area contributed by atoms with Gasteiger partial charge in [0, 0.05) is 16.8 Å². The predicted molar refractivity (Wildman–Crippen MR) is 69.8 cm³/mol. The fourth-order valence-electron chi connectivity index (χ4n) is 1.80. The Bertz CT molecular complexity index is 559. The molecule has 18 heavy (non-hydrogen) atoms. The summed E-state index contributed by atoms with van der Waals surface area (Å²) >= 11 is 0. The minimum Gasteiger partial charge on any atom is -0.399 e. The van der Waals surface area contributed by atoms with Gasteiger partial charge in [0.2, 0.25) is 0 Å². The first-order valence-electron chi connectivity index (χ1n) is 5.73. The van der Waals surface area contributed by atoms with Crippen molar-refractivity contribution < 1.29 is 8.78 Å². The second-order valence-corrected chi connectivity index (χ2v) is 4.50. The number of aryl methyl sites for hydroxylation is 2. The van der Waals surface area contributed by atoms with E-state index in [0.29, 0.717) is 5.69 Å². The third-order valence-electron chi connectivity index (χ3n) is 3.14. The summed E-state index contributed by atoms with van der Waals surface area (Å²) in [5.74, 6) is -2.99. The highest BCUT2D eigenvalue weighted by atomic mass is 19.3. The second-order valence-electron chi connectivity index (χ2n) is 4.50. The van der Waals surface area contributed by atoms with E-state index in [1.807, 2.05) is 13.8 Å².